The van der Waals surface area contributed by atoms with E-state index in [1.807, 2.05) is 43.1 Å². The van der Waals surface area contributed by atoms with E-state index in [2.05, 4.69) is 15.6 Å². The second-order valence-corrected chi connectivity index (χ2v) is 8.77. The minimum Gasteiger partial charge on any atom is -0.350 e. The maximum absolute atomic E-state index is 13.0. The van der Waals surface area contributed by atoms with Gasteiger partial charge in [-0.05, 0) is 61.7 Å². The van der Waals surface area contributed by atoms with Crippen LogP contribution in [0.5, 0.6) is 0 Å². The predicted molar refractivity (Wildman–Crippen MR) is 129 cm³/mol. The van der Waals surface area contributed by atoms with E-state index in [1.165, 1.54) is 24.3 Å². The van der Waals surface area contributed by atoms with Gasteiger partial charge in [-0.25, -0.2) is 9.37 Å². The third kappa shape index (κ3) is 3.72. The number of benzene rings is 2. The van der Waals surface area contributed by atoms with Crippen molar-refractivity contribution < 1.29 is 14.0 Å². The van der Waals surface area contributed by atoms with Crippen LogP contribution in [0, 0.1) is 12.7 Å². The lowest BCUT2D eigenvalue weighted by atomic mass is 10.1. The van der Waals surface area contributed by atoms with Crippen LogP contribution in [0.15, 0.2) is 48.5 Å². The van der Waals surface area contributed by atoms with Crippen molar-refractivity contribution in [3.63, 3.8) is 0 Å². The first-order valence-electron chi connectivity index (χ1n) is 11.1. The van der Waals surface area contributed by atoms with Gasteiger partial charge in [-0.1, -0.05) is 12.1 Å². The summed E-state index contributed by atoms with van der Waals surface area (Å²) in [6.07, 6.45) is 1.67. The van der Waals surface area contributed by atoms with Gasteiger partial charge in [0.15, 0.2) is 5.82 Å². The largest absolute Gasteiger partial charge is 0.350 e. The maximum atomic E-state index is 13.0. The van der Waals surface area contributed by atoms with Crippen LogP contribution < -0.4 is 20.4 Å². The zero-order chi connectivity index (χ0) is 24.0. The Morgan fingerprint density at radius 3 is 2.38 bits per heavy atom. The number of anilines is 4. The van der Waals surface area contributed by atoms with E-state index in [9.17, 15) is 14.0 Å². The monoisotopic (exact) mass is 460 g/mol. The number of likely N-dealkylation sites (N-methyl/N-ethyl adjacent to an activating group) is 2. The average molecular weight is 461 g/mol. The molecule has 1 fully saturated rings. The number of halogens is 1. The fraction of sp³-hybridized carbons (Fsp3) is 0.280. The van der Waals surface area contributed by atoms with E-state index in [1.54, 1.807) is 11.9 Å². The molecule has 0 unspecified atom stereocenters. The van der Waals surface area contributed by atoms with Crippen molar-refractivity contribution >= 4 is 35.0 Å². The molecule has 1 aliphatic carbocycles. The standard InChI is InChI=1S/C25H25FN6O2/c1-15-20-21(32(3)25(12-13-25)23(34)31(20)2)30-24(28-15)27-14-16-4-10-19(11-5-16)29-22(33)17-6-8-18(26)9-7-17/h4-11H,12-14H2,1-3H3,(H,29,33)(H,27,28,30). The highest BCUT2D eigenvalue weighted by Crippen LogP contribution is 2.51. The van der Waals surface area contributed by atoms with Crippen LogP contribution in [0.1, 0.15) is 34.5 Å². The molecule has 2 aromatic carbocycles. The van der Waals surface area contributed by atoms with Gasteiger partial charge in [-0.3, -0.25) is 9.59 Å². The Morgan fingerprint density at radius 2 is 1.74 bits per heavy atom. The van der Waals surface area contributed by atoms with E-state index in [-0.39, 0.29) is 17.6 Å². The molecule has 174 valence electrons. The molecule has 1 aliphatic heterocycles. The van der Waals surface area contributed by atoms with Crippen LogP contribution in [-0.4, -0.2) is 41.4 Å². The molecule has 5 rings (SSSR count). The molecule has 2 heterocycles. The molecule has 2 amide bonds. The molecule has 0 atom stereocenters. The van der Waals surface area contributed by atoms with Gasteiger partial charge < -0.3 is 20.4 Å². The summed E-state index contributed by atoms with van der Waals surface area (Å²) in [5, 5.41) is 6.06. The lowest BCUT2D eigenvalue weighted by Crippen LogP contribution is -2.53. The first-order chi connectivity index (χ1) is 16.3. The Bertz CT molecular complexity index is 1270. The number of hydrogen-bond acceptors (Lipinski definition) is 6. The Balaban J connectivity index is 1.26. The van der Waals surface area contributed by atoms with E-state index in [0.29, 0.717) is 23.7 Å². The third-order valence-corrected chi connectivity index (χ3v) is 6.53. The molecule has 34 heavy (non-hydrogen) atoms. The molecule has 2 N–H and O–H groups in total. The zero-order valence-corrected chi connectivity index (χ0v) is 19.2. The van der Waals surface area contributed by atoms with Crippen molar-refractivity contribution in [1.29, 1.82) is 0 Å². The number of hydrogen-bond donors (Lipinski definition) is 2. The summed E-state index contributed by atoms with van der Waals surface area (Å²) in [4.78, 5) is 38.0. The van der Waals surface area contributed by atoms with E-state index in [4.69, 9.17) is 4.98 Å². The second kappa shape index (κ2) is 8.09. The summed E-state index contributed by atoms with van der Waals surface area (Å²) >= 11 is 0. The van der Waals surface area contributed by atoms with Crippen molar-refractivity contribution in [1.82, 2.24) is 9.97 Å². The molecule has 3 aromatic rings. The molecule has 2 aliphatic rings. The summed E-state index contributed by atoms with van der Waals surface area (Å²) in [6.45, 7) is 2.38. The van der Waals surface area contributed by atoms with E-state index >= 15 is 0 Å². The second-order valence-electron chi connectivity index (χ2n) is 8.77. The van der Waals surface area contributed by atoms with E-state index < -0.39 is 5.54 Å². The van der Waals surface area contributed by atoms with Crippen molar-refractivity contribution in [3.8, 4) is 0 Å². The topological polar surface area (TPSA) is 90.5 Å². The molecule has 8 nitrogen and oxygen atoms in total. The highest BCUT2D eigenvalue weighted by molar-refractivity contribution is 6.09. The number of aryl methyl sites for hydroxylation is 1. The lowest BCUT2D eigenvalue weighted by molar-refractivity contribution is -0.120. The molecular weight excluding hydrogens is 435 g/mol. The Kier molecular flexibility index (Phi) is 5.19. The third-order valence-electron chi connectivity index (χ3n) is 6.53. The minimum absolute atomic E-state index is 0.0986. The molecule has 1 aromatic heterocycles. The smallest absolute Gasteiger partial charge is 0.255 e. The predicted octanol–water partition coefficient (Wildman–Crippen LogP) is 3.73. The van der Waals surface area contributed by atoms with Gasteiger partial charge in [-0.2, -0.15) is 4.98 Å². The number of carbonyl (C=O) groups excluding carboxylic acids is 2. The Hall–Kier alpha value is -4.01. The summed E-state index contributed by atoms with van der Waals surface area (Å²) in [7, 11) is 3.71. The number of rotatable bonds is 5. The summed E-state index contributed by atoms with van der Waals surface area (Å²) in [5.74, 6) is 0.667. The molecule has 1 spiro atoms. The van der Waals surface area contributed by atoms with Crippen molar-refractivity contribution in [3.05, 3.63) is 71.2 Å². The van der Waals surface area contributed by atoms with Gasteiger partial charge in [0.25, 0.3) is 11.8 Å². The number of aromatic nitrogens is 2. The zero-order valence-electron chi connectivity index (χ0n) is 19.2. The number of nitrogens with zero attached hydrogens (tertiary/aromatic N) is 4. The summed E-state index contributed by atoms with van der Waals surface area (Å²) in [5.41, 5.74) is 3.04. The average Bonchev–Trinajstić information content (AvgIpc) is 3.63. The van der Waals surface area contributed by atoms with Crippen LogP contribution in [0.25, 0.3) is 0 Å². The fourth-order valence-corrected chi connectivity index (χ4v) is 4.38. The molecule has 0 bridgehead atoms. The lowest BCUT2D eigenvalue weighted by Gasteiger charge is -2.39. The number of amides is 2. The molecule has 0 radical (unpaired) electrons. The normalized spacial score (nSPS) is 15.8. The fourth-order valence-electron chi connectivity index (χ4n) is 4.38. The minimum atomic E-state index is -0.464. The van der Waals surface area contributed by atoms with Crippen LogP contribution in [0.4, 0.5) is 27.5 Å². The first-order valence-corrected chi connectivity index (χ1v) is 11.1. The van der Waals surface area contributed by atoms with Gasteiger partial charge in [0.1, 0.15) is 17.0 Å². The van der Waals surface area contributed by atoms with Gasteiger partial charge in [0, 0.05) is 31.9 Å². The number of carbonyl (C=O) groups is 2. The van der Waals surface area contributed by atoms with Gasteiger partial charge in [0.2, 0.25) is 5.95 Å². The maximum Gasteiger partial charge on any atom is 0.255 e. The van der Waals surface area contributed by atoms with Gasteiger partial charge >= 0.3 is 0 Å². The van der Waals surface area contributed by atoms with Gasteiger partial charge in [0.05, 0.1) is 5.69 Å². The van der Waals surface area contributed by atoms with E-state index in [0.717, 1.165) is 35.6 Å². The number of nitrogens with one attached hydrogen (secondary N) is 2. The van der Waals surface area contributed by atoms with Gasteiger partial charge in [-0.15, -0.1) is 0 Å². The van der Waals surface area contributed by atoms with Crippen molar-refractivity contribution in [2.45, 2.75) is 31.8 Å². The van der Waals surface area contributed by atoms with Crippen LogP contribution in [-0.2, 0) is 11.3 Å². The molecule has 0 saturated heterocycles. The highest BCUT2D eigenvalue weighted by atomic mass is 19.1. The Labute approximate surface area is 196 Å². The Morgan fingerprint density at radius 1 is 1.06 bits per heavy atom. The highest BCUT2D eigenvalue weighted by Gasteiger charge is 2.58. The molecule has 1 saturated carbocycles. The number of fused-ring (bicyclic) bond motifs is 1. The quantitative estimate of drug-likeness (QED) is 0.603. The SMILES string of the molecule is Cc1nc(NCc2ccc(NC(=O)c3ccc(F)cc3)cc2)nc2c1N(C)C(=O)C1(CC1)N2C. The molecule has 9 heteroatoms. The van der Waals surface area contributed by atoms with Crippen LogP contribution in [0.2, 0.25) is 0 Å². The van der Waals surface area contributed by atoms with Crippen LogP contribution >= 0.6 is 0 Å². The van der Waals surface area contributed by atoms with Crippen LogP contribution in [0.3, 0.4) is 0 Å². The molecular formula is C25H25FN6O2. The van der Waals surface area contributed by atoms with Crippen molar-refractivity contribution in [2.24, 2.45) is 0 Å². The summed E-state index contributed by atoms with van der Waals surface area (Å²) in [6, 6.07) is 12.8. The summed E-state index contributed by atoms with van der Waals surface area (Å²) < 4.78 is 13.0. The van der Waals surface area contributed by atoms with Crippen molar-refractivity contribution in [2.75, 3.05) is 34.5 Å². The first kappa shape index (κ1) is 21.8.